The van der Waals surface area contributed by atoms with Crippen LogP contribution in [-0.4, -0.2) is 54.3 Å². The maximum absolute atomic E-state index is 12.1. The Kier molecular flexibility index (Phi) is 36.2. The summed E-state index contributed by atoms with van der Waals surface area (Å²) in [5, 5.41) is 12.7. The number of amides is 1. The van der Waals surface area contributed by atoms with Gasteiger partial charge in [-0.05, 0) is 70.6 Å². The second kappa shape index (κ2) is 37.7. The van der Waals surface area contributed by atoms with Gasteiger partial charge >= 0.3 is 13.8 Å². The fraction of sp³-hybridized carbons (Fsp3) is 0.756. The summed E-state index contributed by atoms with van der Waals surface area (Å²) in [6, 6.07) is 0. The molecule has 51 heavy (non-hydrogen) atoms. The minimum absolute atomic E-state index is 0.0707. The average molecular weight is 740 g/mol. The van der Waals surface area contributed by atoms with E-state index in [9.17, 15) is 24.2 Å². The van der Waals surface area contributed by atoms with Crippen molar-refractivity contribution in [3.8, 4) is 0 Å². The van der Waals surface area contributed by atoms with Crippen LogP contribution in [0.25, 0.3) is 0 Å². The van der Waals surface area contributed by atoms with E-state index >= 15 is 0 Å². The van der Waals surface area contributed by atoms with Crippen LogP contribution in [0.15, 0.2) is 48.6 Å². The van der Waals surface area contributed by atoms with Crippen LogP contribution in [0.5, 0.6) is 0 Å². The van der Waals surface area contributed by atoms with E-state index in [1.807, 2.05) is 0 Å². The van der Waals surface area contributed by atoms with Crippen molar-refractivity contribution in [2.24, 2.45) is 0 Å². The van der Waals surface area contributed by atoms with Gasteiger partial charge in [-0.2, -0.15) is 0 Å². The van der Waals surface area contributed by atoms with Crippen molar-refractivity contribution in [3.63, 3.8) is 0 Å². The number of rotatable bonds is 37. The fourth-order valence-electron chi connectivity index (χ4n) is 5.13. The first-order valence-electron chi connectivity index (χ1n) is 20.1. The molecule has 0 aromatic rings. The lowest BCUT2D eigenvalue weighted by Gasteiger charge is -2.15. The molecule has 0 aromatic carbocycles. The average Bonchev–Trinajstić information content (AvgIpc) is 3.11. The van der Waals surface area contributed by atoms with Gasteiger partial charge in [0.15, 0.2) is 0 Å². The summed E-state index contributed by atoms with van der Waals surface area (Å²) in [6.07, 6.45) is 41.8. The largest absolute Gasteiger partial charge is 0.472 e. The van der Waals surface area contributed by atoms with Crippen molar-refractivity contribution in [2.45, 2.75) is 174 Å². The summed E-state index contributed by atoms with van der Waals surface area (Å²) in [5.41, 5.74) is 0. The van der Waals surface area contributed by atoms with E-state index in [2.05, 4.69) is 67.8 Å². The smallest absolute Gasteiger partial charge is 0.463 e. The van der Waals surface area contributed by atoms with Gasteiger partial charge in [0.2, 0.25) is 5.91 Å². The van der Waals surface area contributed by atoms with Crippen LogP contribution in [0.4, 0.5) is 0 Å². The molecule has 0 bridgehead atoms. The number of allylic oxidation sites excluding steroid dienone is 8. The maximum atomic E-state index is 12.1. The molecule has 0 radical (unpaired) electrons. The molecule has 0 saturated heterocycles. The third kappa shape index (κ3) is 39.0. The van der Waals surface area contributed by atoms with Crippen molar-refractivity contribution in [3.05, 3.63) is 48.6 Å². The molecule has 0 aliphatic heterocycles. The Hall–Kier alpha value is -2.03. The monoisotopic (exact) mass is 740 g/mol. The van der Waals surface area contributed by atoms with E-state index in [-0.39, 0.29) is 32.1 Å². The second-order valence-electron chi connectivity index (χ2n) is 13.2. The zero-order valence-electron chi connectivity index (χ0n) is 32.3. The Labute approximate surface area is 311 Å². The van der Waals surface area contributed by atoms with E-state index in [0.717, 1.165) is 89.9 Å². The first-order valence-corrected chi connectivity index (χ1v) is 21.6. The maximum Gasteiger partial charge on any atom is 0.472 e. The molecule has 0 aromatic heterocycles. The first kappa shape index (κ1) is 49.0. The van der Waals surface area contributed by atoms with Crippen LogP contribution in [0.1, 0.15) is 168 Å². The van der Waals surface area contributed by atoms with E-state index in [1.54, 1.807) is 0 Å². The third-order valence-electron chi connectivity index (χ3n) is 8.23. The van der Waals surface area contributed by atoms with Gasteiger partial charge in [-0.15, -0.1) is 0 Å². The summed E-state index contributed by atoms with van der Waals surface area (Å²) in [5.74, 6) is -0.548. The molecule has 0 heterocycles. The normalized spacial score (nSPS) is 13.9. The van der Waals surface area contributed by atoms with Gasteiger partial charge in [-0.25, -0.2) is 4.57 Å². The Morgan fingerprint density at radius 3 is 1.63 bits per heavy atom. The number of ether oxygens (including phenoxy) is 1. The molecule has 9 nitrogen and oxygen atoms in total. The topological polar surface area (TPSA) is 131 Å². The highest BCUT2D eigenvalue weighted by atomic mass is 31.2. The summed E-state index contributed by atoms with van der Waals surface area (Å²) < 4.78 is 26.8. The van der Waals surface area contributed by atoms with E-state index < -0.39 is 26.5 Å². The number of hydrogen-bond acceptors (Lipinski definition) is 7. The number of hydrogen-bond donors (Lipinski definition) is 3. The van der Waals surface area contributed by atoms with Gasteiger partial charge in [-0.1, -0.05) is 133 Å². The van der Waals surface area contributed by atoms with Gasteiger partial charge in [-0.3, -0.25) is 18.6 Å². The summed E-state index contributed by atoms with van der Waals surface area (Å²) >= 11 is 0. The van der Waals surface area contributed by atoms with Crippen LogP contribution < -0.4 is 5.32 Å². The van der Waals surface area contributed by atoms with E-state index in [0.29, 0.717) is 6.42 Å². The van der Waals surface area contributed by atoms with Crippen molar-refractivity contribution in [1.29, 1.82) is 0 Å². The fourth-order valence-corrected chi connectivity index (χ4v) is 5.89. The van der Waals surface area contributed by atoms with Gasteiger partial charge in [0.25, 0.3) is 0 Å². The number of carbonyl (C=O) groups is 2. The van der Waals surface area contributed by atoms with E-state index in [4.69, 9.17) is 13.8 Å². The molecule has 0 spiro atoms. The second-order valence-corrected chi connectivity index (χ2v) is 14.7. The number of nitrogens with one attached hydrogen (secondary N) is 1. The number of phosphoric ester groups is 1. The van der Waals surface area contributed by atoms with Crippen LogP contribution in [0, 0.1) is 0 Å². The summed E-state index contributed by atoms with van der Waals surface area (Å²) in [4.78, 5) is 33.8. The molecule has 0 saturated carbocycles. The number of carbonyl (C=O) groups excluding carboxylic acids is 2. The molecule has 2 unspecified atom stereocenters. The quantitative estimate of drug-likeness (QED) is 0.0248. The highest BCUT2D eigenvalue weighted by molar-refractivity contribution is 7.47. The number of aliphatic hydroxyl groups is 1. The Balaban J connectivity index is 3.67. The molecule has 0 fully saturated rings. The Morgan fingerprint density at radius 1 is 0.608 bits per heavy atom. The number of unbranched alkanes of at least 4 members (excludes halogenated alkanes) is 16. The molecule has 3 N–H and O–H groups in total. The lowest BCUT2D eigenvalue weighted by molar-refractivity contribution is -0.147. The molecular weight excluding hydrogens is 665 g/mol. The molecule has 2 atom stereocenters. The lowest BCUT2D eigenvalue weighted by atomic mass is 10.1. The SMILES string of the molecule is CCCC/C=C\C/C=C\CCCCCCCC(=O)NCCOP(=O)(O)OCC(O)COC(=O)CCCCCCC/C=C\C/C=C\CCCCCC. The van der Waals surface area contributed by atoms with Gasteiger partial charge in [0.05, 0.1) is 13.2 Å². The van der Waals surface area contributed by atoms with Crippen LogP contribution >= 0.6 is 7.82 Å². The molecule has 296 valence electrons. The van der Waals surface area contributed by atoms with E-state index in [1.165, 1.54) is 51.4 Å². The molecule has 0 aliphatic rings. The zero-order chi connectivity index (χ0) is 37.5. The summed E-state index contributed by atoms with van der Waals surface area (Å²) in [7, 11) is -4.42. The van der Waals surface area contributed by atoms with Crippen LogP contribution in [0.2, 0.25) is 0 Å². The van der Waals surface area contributed by atoms with Crippen molar-refractivity contribution < 1.29 is 37.9 Å². The minimum atomic E-state index is -4.42. The summed E-state index contributed by atoms with van der Waals surface area (Å²) in [6.45, 7) is 3.45. The van der Waals surface area contributed by atoms with Gasteiger partial charge < -0.3 is 20.1 Å². The predicted molar refractivity (Wildman–Crippen MR) is 210 cm³/mol. The zero-order valence-corrected chi connectivity index (χ0v) is 33.2. The van der Waals surface area contributed by atoms with Crippen LogP contribution in [0.3, 0.4) is 0 Å². The van der Waals surface area contributed by atoms with Gasteiger partial charge in [0.1, 0.15) is 12.7 Å². The highest BCUT2D eigenvalue weighted by Gasteiger charge is 2.23. The highest BCUT2D eigenvalue weighted by Crippen LogP contribution is 2.42. The van der Waals surface area contributed by atoms with Crippen LogP contribution in [-0.2, 0) is 27.9 Å². The minimum Gasteiger partial charge on any atom is -0.463 e. The number of aliphatic hydroxyl groups excluding tert-OH is 1. The molecule has 10 heteroatoms. The predicted octanol–water partition coefficient (Wildman–Crippen LogP) is 10.8. The molecule has 0 rings (SSSR count). The molecule has 0 aliphatic carbocycles. The van der Waals surface area contributed by atoms with Crippen molar-refractivity contribution in [2.75, 3.05) is 26.4 Å². The van der Waals surface area contributed by atoms with Crippen molar-refractivity contribution >= 4 is 19.7 Å². The Bertz CT molecular complexity index is 981. The molecular formula is C41H74NO8P. The lowest BCUT2D eigenvalue weighted by Crippen LogP contribution is -2.27. The number of phosphoric acid groups is 1. The first-order chi connectivity index (χ1) is 24.8. The number of esters is 1. The standard InChI is InChI=1S/C41H74NO8P/c1-3-5-7-9-11-13-15-17-19-20-22-24-26-28-30-32-34-41(45)48-37-39(43)38-50-51(46,47)49-36-35-42-40(44)33-31-29-27-25-23-21-18-16-14-12-10-8-6-4-2/h10,12-13,15-16,18-20,39,43H,3-9,11,14,17,21-38H2,1-2H3,(H,42,44)(H,46,47)/b12-10-,15-13-,18-16-,20-19-. The van der Waals surface area contributed by atoms with Crippen molar-refractivity contribution in [1.82, 2.24) is 5.32 Å². The van der Waals surface area contributed by atoms with Gasteiger partial charge in [0, 0.05) is 19.4 Å². The Morgan fingerprint density at radius 2 is 1.08 bits per heavy atom. The third-order valence-corrected chi connectivity index (χ3v) is 9.22. The molecule has 1 amide bonds.